The second-order valence-electron chi connectivity index (χ2n) is 6.37. The van der Waals surface area contributed by atoms with Gasteiger partial charge >= 0.3 is 0 Å². The molecule has 0 atom stereocenters. The van der Waals surface area contributed by atoms with Crippen LogP contribution in [-0.4, -0.2) is 51.3 Å². The predicted molar refractivity (Wildman–Crippen MR) is 99.4 cm³/mol. The van der Waals surface area contributed by atoms with Crippen LogP contribution in [0, 0.1) is 0 Å². The van der Waals surface area contributed by atoms with Gasteiger partial charge in [0, 0.05) is 31.5 Å². The van der Waals surface area contributed by atoms with E-state index in [9.17, 15) is 14.4 Å². The molecular weight excluding hydrogens is 348 g/mol. The van der Waals surface area contributed by atoms with Crippen molar-refractivity contribution in [1.82, 2.24) is 25.2 Å². The van der Waals surface area contributed by atoms with Crippen LogP contribution in [-0.2, 0) is 11.3 Å². The lowest BCUT2D eigenvalue weighted by Crippen LogP contribution is -2.47. The van der Waals surface area contributed by atoms with E-state index >= 15 is 0 Å². The first-order chi connectivity index (χ1) is 13.1. The molecule has 1 fully saturated rings. The highest BCUT2D eigenvalue weighted by atomic mass is 16.2. The number of amides is 2. The number of benzene rings is 1. The van der Waals surface area contributed by atoms with Crippen molar-refractivity contribution in [3.8, 4) is 0 Å². The van der Waals surface area contributed by atoms with E-state index in [0.29, 0.717) is 31.0 Å². The normalized spacial score (nSPS) is 14.9. The van der Waals surface area contributed by atoms with E-state index in [2.05, 4.69) is 25.6 Å². The average Bonchev–Trinajstić information content (AvgIpc) is 3.08. The lowest BCUT2D eigenvalue weighted by atomic mass is 10.1. The molecule has 3 heterocycles. The SMILES string of the molecule is O=C1CN(Cc2cccc(NC(=O)c3c[nH]c4nc[nH]c(=O)c34)c2)CCN1. The van der Waals surface area contributed by atoms with E-state index in [4.69, 9.17) is 0 Å². The van der Waals surface area contributed by atoms with Gasteiger partial charge < -0.3 is 20.6 Å². The van der Waals surface area contributed by atoms with Crippen molar-refractivity contribution in [2.45, 2.75) is 6.54 Å². The van der Waals surface area contributed by atoms with E-state index in [1.807, 2.05) is 23.1 Å². The van der Waals surface area contributed by atoms with Crippen LogP contribution in [0.2, 0.25) is 0 Å². The Balaban J connectivity index is 1.51. The summed E-state index contributed by atoms with van der Waals surface area (Å²) in [4.78, 5) is 47.4. The van der Waals surface area contributed by atoms with E-state index in [1.54, 1.807) is 6.07 Å². The first kappa shape index (κ1) is 17.0. The molecule has 1 saturated heterocycles. The molecule has 4 rings (SSSR count). The molecule has 138 valence electrons. The summed E-state index contributed by atoms with van der Waals surface area (Å²) < 4.78 is 0. The lowest BCUT2D eigenvalue weighted by Gasteiger charge is -2.26. The van der Waals surface area contributed by atoms with Crippen LogP contribution in [0.4, 0.5) is 5.69 Å². The van der Waals surface area contributed by atoms with Gasteiger partial charge in [-0.2, -0.15) is 0 Å². The zero-order chi connectivity index (χ0) is 18.8. The number of anilines is 1. The number of hydrogen-bond acceptors (Lipinski definition) is 5. The Morgan fingerprint density at radius 1 is 1.26 bits per heavy atom. The first-order valence-corrected chi connectivity index (χ1v) is 8.54. The molecule has 1 aromatic carbocycles. The standard InChI is InChI=1S/C18H18N6O3/c25-14-9-24(5-4-19-14)8-11-2-1-3-12(6-11)23-17(26)13-7-20-16-15(13)18(27)22-10-21-16/h1-3,6-7,10H,4-5,8-9H2,(H,19,25)(H,23,26)(H2,20,21,22,27). The van der Waals surface area contributed by atoms with Crippen molar-refractivity contribution < 1.29 is 9.59 Å². The van der Waals surface area contributed by atoms with Crippen molar-refractivity contribution in [3.63, 3.8) is 0 Å². The third kappa shape index (κ3) is 3.58. The van der Waals surface area contributed by atoms with Crippen LogP contribution in [0.3, 0.4) is 0 Å². The zero-order valence-electron chi connectivity index (χ0n) is 14.4. The van der Waals surface area contributed by atoms with Crippen molar-refractivity contribution in [2.75, 3.05) is 25.0 Å². The Morgan fingerprint density at radius 3 is 3.00 bits per heavy atom. The van der Waals surface area contributed by atoms with Gasteiger partial charge in [-0.05, 0) is 17.7 Å². The maximum atomic E-state index is 12.6. The summed E-state index contributed by atoms with van der Waals surface area (Å²) in [6.45, 7) is 2.40. The molecule has 4 N–H and O–H groups in total. The monoisotopic (exact) mass is 366 g/mol. The van der Waals surface area contributed by atoms with Crippen LogP contribution >= 0.6 is 0 Å². The van der Waals surface area contributed by atoms with Gasteiger partial charge in [-0.15, -0.1) is 0 Å². The highest BCUT2D eigenvalue weighted by molar-refractivity contribution is 6.12. The van der Waals surface area contributed by atoms with Crippen molar-refractivity contribution in [1.29, 1.82) is 0 Å². The average molecular weight is 366 g/mol. The maximum Gasteiger partial charge on any atom is 0.261 e. The van der Waals surface area contributed by atoms with E-state index in [0.717, 1.165) is 12.1 Å². The molecule has 9 nitrogen and oxygen atoms in total. The van der Waals surface area contributed by atoms with Crippen LogP contribution in [0.1, 0.15) is 15.9 Å². The lowest BCUT2D eigenvalue weighted by molar-refractivity contribution is -0.124. The van der Waals surface area contributed by atoms with Gasteiger partial charge in [0.05, 0.1) is 23.8 Å². The van der Waals surface area contributed by atoms with Gasteiger partial charge in [0.1, 0.15) is 5.65 Å². The molecule has 9 heteroatoms. The third-order valence-electron chi connectivity index (χ3n) is 4.43. The number of piperazine rings is 1. The number of aromatic amines is 2. The smallest absolute Gasteiger partial charge is 0.261 e. The molecule has 2 aromatic heterocycles. The van der Waals surface area contributed by atoms with Gasteiger partial charge in [0.15, 0.2) is 0 Å². The summed E-state index contributed by atoms with van der Waals surface area (Å²) in [5.74, 6) is -0.377. The summed E-state index contributed by atoms with van der Waals surface area (Å²) >= 11 is 0. The molecule has 3 aromatic rings. The maximum absolute atomic E-state index is 12.6. The molecule has 0 radical (unpaired) electrons. The molecule has 0 bridgehead atoms. The van der Waals surface area contributed by atoms with Crippen LogP contribution in [0.15, 0.2) is 41.6 Å². The third-order valence-corrected chi connectivity index (χ3v) is 4.43. The molecule has 1 aliphatic rings. The summed E-state index contributed by atoms with van der Waals surface area (Å²) in [5.41, 5.74) is 1.83. The minimum absolute atomic E-state index is 0.0175. The number of H-pyrrole nitrogens is 2. The van der Waals surface area contributed by atoms with Gasteiger partial charge in [-0.3, -0.25) is 19.3 Å². The Bertz CT molecular complexity index is 1070. The summed E-state index contributed by atoms with van der Waals surface area (Å²) in [7, 11) is 0. The number of hydrogen-bond donors (Lipinski definition) is 4. The largest absolute Gasteiger partial charge is 0.354 e. The molecular formula is C18H18N6O3. The minimum Gasteiger partial charge on any atom is -0.354 e. The Kier molecular flexibility index (Phi) is 4.43. The van der Waals surface area contributed by atoms with Gasteiger partial charge in [-0.25, -0.2) is 4.98 Å². The second kappa shape index (κ2) is 7.04. The van der Waals surface area contributed by atoms with Gasteiger partial charge in [0.2, 0.25) is 5.91 Å². The fourth-order valence-electron chi connectivity index (χ4n) is 3.18. The molecule has 2 amide bonds. The molecule has 27 heavy (non-hydrogen) atoms. The quantitative estimate of drug-likeness (QED) is 0.533. The summed E-state index contributed by atoms with van der Waals surface area (Å²) in [6, 6.07) is 7.43. The van der Waals surface area contributed by atoms with Crippen molar-refractivity contribution in [2.24, 2.45) is 0 Å². The topological polar surface area (TPSA) is 123 Å². The zero-order valence-corrected chi connectivity index (χ0v) is 14.4. The van der Waals surface area contributed by atoms with Crippen LogP contribution in [0.5, 0.6) is 0 Å². The number of nitrogens with one attached hydrogen (secondary N) is 4. The summed E-state index contributed by atoms with van der Waals surface area (Å²) in [5, 5.41) is 5.84. The number of fused-ring (bicyclic) bond motifs is 1. The molecule has 1 aliphatic heterocycles. The number of rotatable bonds is 4. The molecule has 0 spiro atoms. The van der Waals surface area contributed by atoms with Crippen LogP contribution < -0.4 is 16.2 Å². The second-order valence-corrected chi connectivity index (χ2v) is 6.37. The molecule has 0 unspecified atom stereocenters. The first-order valence-electron chi connectivity index (χ1n) is 8.54. The Labute approximate surface area is 153 Å². The van der Waals surface area contributed by atoms with Gasteiger partial charge in [-0.1, -0.05) is 12.1 Å². The molecule has 0 saturated carbocycles. The Morgan fingerprint density at radius 2 is 2.15 bits per heavy atom. The van der Waals surface area contributed by atoms with E-state index in [-0.39, 0.29) is 22.4 Å². The van der Waals surface area contributed by atoms with E-state index in [1.165, 1.54) is 12.5 Å². The van der Waals surface area contributed by atoms with Crippen molar-refractivity contribution in [3.05, 3.63) is 58.3 Å². The fourth-order valence-corrected chi connectivity index (χ4v) is 3.18. The molecule has 0 aliphatic carbocycles. The number of nitrogens with zero attached hydrogens (tertiary/aromatic N) is 2. The fraction of sp³-hybridized carbons (Fsp3) is 0.222. The number of carbonyl (C=O) groups excluding carboxylic acids is 2. The van der Waals surface area contributed by atoms with Crippen molar-refractivity contribution >= 4 is 28.5 Å². The van der Waals surface area contributed by atoms with Crippen LogP contribution in [0.25, 0.3) is 11.0 Å². The minimum atomic E-state index is -0.394. The van der Waals surface area contributed by atoms with E-state index < -0.39 is 5.91 Å². The number of aromatic nitrogens is 3. The van der Waals surface area contributed by atoms with Gasteiger partial charge in [0.25, 0.3) is 11.5 Å². The highest BCUT2D eigenvalue weighted by Gasteiger charge is 2.18. The highest BCUT2D eigenvalue weighted by Crippen LogP contribution is 2.17. The summed E-state index contributed by atoms with van der Waals surface area (Å²) in [6.07, 6.45) is 2.76. The predicted octanol–water partition coefficient (Wildman–Crippen LogP) is 0.435. The number of carbonyl (C=O) groups is 2. The Hall–Kier alpha value is -3.46.